The largest absolute Gasteiger partial charge is 0.420 e. The van der Waals surface area contributed by atoms with Crippen molar-refractivity contribution in [3.63, 3.8) is 0 Å². The first kappa shape index (κ1) is 11.7. The molecule has 0 amide bonds. The summed E-state index contributed by atoms with van der Waals surface area (Å²) in [6, 6.07) is 5.32. The van der Waals surface area contributed by atoms with Gasteiger partial charge >= 0.3 is 5.76 Å². The van der Waals surface area contributed by atoms with E-state index in [-0.39, 0.29) is 5.76 Å². The quantitative estimate of drug-likeness (QED) is 0.807. The zero-order valence-electron chi connectivity index (χ0n) is 10.1. The zero-order valence-corrected chi connectivity index (χ0v) is 10.1. The lowest BCUT2D eigenvalue weighted by Crippen LogP contribution is -2.19. The zero-order chi connectivity index (χ0) is 12.4. The van der Waals surface area contributed by atoms with Crippen LogP contribution >= 0.6 is 0 Å². The minimum atomic E-state index is -0.336. The first-order valence-corrected chi connectivity index (χ1v) is 5.62. The lowest BCUT2D eigenvalue weighted by Gasteiger charge is -2.09. The van der Waals surface area contributed by atoms with Gasteiger partial charge in [0, 0.05) is 6.54 Å². The summed E-state index contributed by atoms with van der Waals surface area (Å²) in [5, 5.41) is 0. The predicted molar refractivity (Wildman–Crippen MR) is 68.1 cm³/mol. The number of anilines is 1. The molecule has 0 saturated heterocycles. The second kappa shape index (κ2) is 4.63. The van der Waals surface area contributed by atoms with Crippen LogP contribution in [0.1, 0.15) is 6.42 Å². The van der Waals surface area contributed by atoms with E-state index in [1.54, 1.807) is 22.8 Å². The van der Waals surface area contributed by atoms with Gasteiger partial charge < -0.3 is 15.1 Å². The molecule has 0 radical (unpaired) electrons. The Bertz CT molecular complexity index is 569. The van der Waals surface area contributed by atoms with E-state index < -0.39 is 0 Å². The molecule has 5 heteroatoms. The van der Waals surface area contributed by atoms with Gasteiger partial charge in [0.1, 0.15) is 5.52 Å². The number of nitrogens with zero attached hydrogens (tertiary/aromatic N) is 2. The Morgan fingerprint density at radius 2 is 2.18 bits per heavy atom. The summed E-state index contributed by atoms with van der Waals surface area (Å²) < 4.78 is 6.76. The second-order valence-electron chi connectivity index (χ2n) is 4.37. The topological polar surface area (TPSA) is 64.4 Å². The molecule has 0 spiro atoms. The van der Waals surface area contributed by atoms with Crippen LogP contribution in [0.4, 0.5) is 5.69 Å². The summed E-state index contributed by atoms with van der Waals surface area (Å²) in [6.07, 6.45) is 0.885. The van der Waals surface area contributed by atoms with Crippen molar-refractivity contribution in [3.05, 3.63) is 28.7 Å². The summed E-state index contributed by atoms with van der Waals surface area (Å²) in [4.78, 5) is 13.8. The van der Waals surface area contributed by atoms with Gasteiger partial charge in [0.25, 0.3) is 0 Å². The molecule has 1 heterocycles. The van der Waals surface area contributed by atoms with E-state index in [4.69, 9.17) is 10.2 Å². The number of para-hydroxylation sites is 1. The van der Waals surface area contributed by atoms with E-state index in [0.29, 0.717) is 23.3 Å². The molecule has 0 saturated carbocycles. The molecule has 2 N–H and O–H groups in total. The SMILES string of the molecule is CN(C)CCCn1c(=O)oc2cccc(N)c21. The molecule has 17 heavy (non-hydrogen) atoms. The fourth-order valence-corrected chi connectivity index (χ4v) is 1.90. The van der Waals surface area contributed by atoms with Crippen molar-refractivity contribution in [1.82, 2.24) is 9.47 Å². The van der Waals surface area contributed by atoms with E-state index in [1.807, 2.05) is 14.1 Å². The molecule has 0 fully saturated rings. The number of hydrogen-bond acceptors (Lipinski definition) is 4. The van der Waals surface area contributed by atoms with Gasteiger partial charge in [0.05, 0.1) is 5.69 Å². The van der Waals surface area contributed by atoms with Gasteiger partial charge in [-0.25, -0.2) is 4.79 Å². The number of benzene rings is 1. The first-order valence-electron chi connectivity index (χ1n) is 5.62. The average molecular weight is 235 g/mol. The number of nitrogens with two attached hydrogens (primary N) is 1. The van der Waals surface area contributed by atoms with Crippen LogP contribution in [-0.4, -0.2) is 30.1 Å². The van der Waals surface area contributed by atoms with Gasteiger partial charge in [0.15, 0.2) is 5.58 Å². The van der Waals surface area contributed by atoms with E-state index >= 15 is 0 Å². The van der Waals surface area contributed by atoms with Gasteiger partial charge in [-0.1, -0.05) is 6.07 Å². The minimum absolute atomic E-state index is 0.336. The van der Waals surface area contributed by atoms with Gasteiger partial charge in [-0.15, -0.1) is 0 Å². The molecule has 0 aliphatic rings. The lowest BCUT2D eigenvalue weighted by molar-refractivity contribution is 0.381. The van der Waals surface area contributed by atoms with Gasteiger partial charge in [-0.2, -0.15) is 0 Å². The average Bonchev–Trinajstić information content (AvgIpc) is 2.56. The highest BCUT2D eigenvalue weighted by Gasteiger charge is 2.11. The number of nitrogen functional groups attached to an aromatic ring is 1. The molecule has 92 valence electrons. The summed E-state index contributed by atoms with van der Waals surface area (Å²) in [5.41, 5.74) is 7.71. The Morgan fingerprint density at radius 1 is 1.41 bits per heavy atom. The molecule has 0 unspecified atom stereocenters. The molecule has 2 aromatic rings. The minimum Gasteiger partial charge on any atom is -0.408 e. The predicted octanol–water partition coefficient (Wildman–Crippen LogP) is 1.13. The maximum atomic E-state index is 11.7. The van der Waals surface area contributed by atoms with Crippen molar-refractivity contribution in [2.24, 2.45) is 0 Å². The molecular formula is C12H17N3O2. The van der Waals surface area contributed by atoms with Crippen molar-refractivity contribution < 1.29 is 4.42 Å². The Kier molecular flexibility index (Phi) is 3.19. The number of fused-ring (bicyclic) bond motifs is 1. The number of aryl methyl sites for hydroxylation is 1. The third-order valence-electron chi connectivity index (χ3n) is 2.70. The van der Waals surface area contributed by atoms with E-state index in [1.165, 1.54) is 0 Å². The smallest absolute Gasteiger partial charge is 0.408 e. The van der Waals surface area contributed by atoms with Crippen LogP contribution in [0.3, 0.4) is 0 Å². The number of hydrogen-bond donors (Lipinski definition) is 1. The highest BCUT2D eigenvalue weighted by molar-refractivity contribution is 5.85. The molecule has 0 aliphatic heterocycles. The second-order valence-corrected chi connectivity index (χ2v) is 4.37. The molecular weight excluding hydrogens is 218 g/mol. The molecule has 0 bridgehead atoms. The number of oxazole rings is 1. The lowest BCUT2D eigenvalue weighted by atomic mass is 10.2. The van der Waals surface area contributed by atoms with Crippen LogP contribution in [-0.2, 0) is 6.54 Å². The van der Waals surface area contributed by atoms with Crippen molar-refractivity contribution in [1.29, 1.82) is 0 Å². The van der Waals surface area contributed by atoms with Crippen molar-refractivity contribution in [2.75, 3.05) is 26.4 Å². The van der Waals surface area contributed by atoms with E-state index in [2.05, 4.69) is 4.90 Å². The number of rotatable bonds is 4. The third-order valence-corrected chi connectivity index (χ3v) is 2.70. The van der Waals surface area contributed by atoms with Crippen LogP contribution < -0.4 is 11.5 Å². The molecule has 0 atom stereocenters. The Morgan fingerprint density at radius 3 is 2.88 bits per heavy atom. The summed E-state index contributed by atoms with van der Waals surface area (Å²) in [6.45, 7) is 1.55. The fourth-order valence-electron chi connectivity index (χ4n) is 1.90. The fraction of sp³-hybridized carbons (Fsp3) is 0.417. The van der Waals surface area contributed by atoms with Crippen LogP contribution in [0.25, 0.3) is 11.1 Å². The first-order chi connectivity index (χ1) is 8.09. The number of aromatic nitrogens is 1. The van der Waals surface area contributed by atoms with Crippen LogP contribution in [0, 0.1) is 0 Å². The summed E-state index contributed by atoms with van der Waals surface area (Å²) in [7, 11) is 4.01. The Hall–Kier alpha value is -1.75. The highest BCUT2D eigenvalue weighted by atomic mass is 16.4. The molecule has 5 nitrogen and oxygen atoms in total. The maximum absolute atomic E-state index is 11.7. The maximum Gasteiger partial charge on any atom is 0.420 e. The normalized spacial score (nSPS) is 11.5. The summed E-state index contributed by atoms with van der Waals surface area (Å²) in [5.74, 6) is -0.336. The standard InChI is InChI=1S/C12H17N3O2/c1-14(2)7-4-8-15-11-9(13)5-3-6-10(11)17-12(15)16/h3,5-6H,4,7-8,13H2,1-2H3. The molecule has 1 aromatic heterocycles. The van der Waals surface area contributed by atoms with Crippen molar-refractivity contribution >= 4 is 16.8 Å². The van der Waals surface area contributed by atoms with Crippen molar-refractivity contribution in [3.8, 4) is 0 Å². The van der Waals surface area contributed by atoms with E-state index in [0.717, 1.165) is 13.0 Å². The Balaban J connectivity index is 2.33. The van der Waals surface area contributed by atoms with Crippen molar-refractivity contribution in [2.45, 2.75) is 13.0 Å². The van der Waals surface area contributed by atoms with Gasteiger partial charge in [-0.3, -0.25) is 4.57 Å². The highest BCUT2D eigenvalue weighted by Crippen LogP contribution is 2.19. The van der Waals surface area contributed by atoms with Crippen LogP contribution in [0.2, 0.25) is 0 Å². The molecule has 1 aromatic carbocycles. The van der Waals surface area contributed by atoms with Gasteiger partial charge in [-0.05, 0) is 39.2 Å². The summed E-state index contributed by atoms with van der Waals surface area (Å²) >= 11 is 0. The molecule has 2 rings (SSSR count). The Labute approximate surface area is 99.4 Å². The van der Waals surface area contributed by atoms with Crippen LogP contribution in [0.5, 0.6) is 0 Å². The van der Waals surface area contributed by atoms with E-state index in [9.17, 15) is 4.79 Å². The van der Waals surface area contributed by atoms with Crippen LogP contribution in [0.15, 0.2) is 27.4 Å². The van der Waals surface area contributed by atoms with Gasteiger partial charge in [0.2, 0.25) is 0 Å². The monoisotopic (exact) mass is 235 g/mol. The molecule has 0 aliphatic carbocycles. The third kappa shape index (κ3) is 2.34.